The second-order valence-corrected chi connectivity index (χ2v) is 5.66. The number of alkyl halides is 6. The molecule has 24 heavy (non-hydrogen) atoms. The van der Waals surface area contributed by atoms with Gasteiger partial charge in [0.25, 0.3) is 0 Å². The van der Waals surface area contributed by atoms with Crippen LogP contribution >= 0.6 is 12.2 Å². The number of halogens is 6. The van der Waals surface area contributed by atoms with Crippen molar-refractivity contribution >= 4 is 28.9 Å². The molecule has 0 amide bonds. The third kappa shape index (κ3) is 3.80. The van der Waals surface area contributed by atoms with Crippen molar-refractivity contribution in [2.24, 2.45) is 5.92 Å². The number of rotatable bonds is 2. The lowest BCUT2D eigenvalue weighted by atomic mass is 10.1. The van der Waals surface area contributed by atoms with Gasteiger partial charge in [-0.3, -0.25) is 4.79 Å². The van der Waals surface area contributed by atoms with Gasteiger partial charge in [-0.2, -0.15) is 26.3 Å². The number of hydrogen-bond acceptors (Lipinski definition) is 3. The molecule has 0 saturated carbocycles. The topological polar surface area (TPSA) is 29.5 Å². The molecule has 0 aromatic heterocycles. The molecule has 1 aliphatic heterocycles. The summed E-state index contributed by atoms with van der Waals surface area (Å²) < 4.78 is 81.9. The molecule has 0 bridgehead atoms. The molecule has 1 aromatic carbocycles. The van der Waals surface area contributed by atoms with Crippen molar-refractivity contribution in [1.82, 2.24) is 0 Å². The molecule has 1 saturated heterocycles. The van der Waals surface area contributed by atoms with E-state index in [0.717, 1.165) is 12.0 Å². The molecule has 1 aliphatic rings. The number of nitrogens with zero attached hydrogens (tertiary/aromatic N) is 1. The Bertz CT molecular complexity index is 638. The van der Waals surface area contributed by atoms with Crippen LogP contribution in [0.4, 0.5) is 32.0 Å². The van der Waals surface area contributed by atoms with E-state index in [1.165, 1.54) is 0 Å². The molecule has 0 unspecified atom stereocenters. The van der Waals surface area contributed by atoms with Crippen molar-refractivity contribution in [3.8, 4) is 0 Å². The summed E-state index contributed by atoms with van der Waals surface area (Å²) in [5.74, 6) is -1.35. The van der Waals surface area contributed by atoms with Crippen molar-refractivity contribution in [3.63, 3.8) is 0 Å². The fraction of sp³-hybridized carbons (Fsp3) is 0.429. The van der Waals surface area contributed by atoms with Crippen molar-refractivity contribution in [1.29, 1.82) is 0 Å². The average Bonchev–Trinajstić information content (AvgIpc) is 2.86. The smallest absolute Gasteiger partial charge is 0.416 e. The van der Waals surface area contributed by atoms with Crippen molar-refractivity contribution in [2.75, 3.05) is 18.6 Å². The van der Waals surface area contributed by atoms with Crippen LogP contribution in [0.5, 0.6) is 0 Å². The number of methoxy groups -OCH3 is 1. The van der Waals surface area contributed by atoms with Crippen LogP contribution in [0.15, 0.2) is 18.2 Å². The van der Waals surface area contributed by atoms with E-state index >= 15 is 0 Å². The maximum Gasteiger partial charge on any atom is 0.416 e. The van der Waals surface area contributed by atoms with Gasteiger partial charge in [0.05, 0.1) is 29.1 Å². The Balaban J connectivity index is 2.46. The van der Waals surface area contributed by atoms with E-state index < -0.39 is 35.4 Å². The summed E-state index contributed by atoms with van der Waals surface area (Å²) in [5, 5.41) is 0. The third-order valence-corrected chi connectivity index (χ3v) is 3.93. The molecule has 0 aliphatic carbocycles. The van der Waals surface area contributed by atoms with Gasteiger partial charge in [-0.05, 0) is 18.2 Å². The second-order valence-electron chi connectivity index (χ2n) is 5.19. The average molecular weight is 371 g/mol. The first-order valence-electron chi connectivity index (χ1n) is 6.61. The summed E-state index contributed by atoms with van der Waals surface area (Å²) in [4.78, 5) is 12.7. The molecule has 2 rings (SSSR count). The van der Waals surface area contributed by atoms with Crippen LogP contribution in [0.3, 0.4) is 0 Å². The molecule has 1 heterocycles. The predicted molar refractivity (Wildman–Crippen MR) is 76.5 cm³/mol. The number of thiocarbonyl (C=S) groups is 1. The highest BCUT2D eigenvalue weighted by atomic mass is 32.1. The van der Waals surface area contributed by atoms with E-state index in [2.05, 4.69) is 4.74 Å². The van der Waals surface area contributed by atoms with Crippen LogP contribution in [0.1, 0.15) is 17.5 Å². The van der Waals surface area contributed by atoms with Gasteiger partial charge in [-0.25, -0.2) is 0 Å². The first kappa shape index (κ1) is 18.5. The Hall–Kier alpha value is -1.84. The zero-order chi connectivity index (χ0) is 18.3. The number of carbonyl (C=O) groups excluding carboxylic acids is 1. The summed E-state index contributed by atoms with van der Waals surface area (Å²) in [6.07, 6.45) is -9.86. The normalized spacial score (nSPS) is 18.9. The molecule has 1 aromatic rings. The van der Waals surface area contributed by atoms with Gasteiger partial charge >= 0.3 is 18.3 Å². The lowest BCUT2D eigenvalue weighted by Gasteiger charge is -2.22. The number of esters is 1. The highest BCUT2D eigenvalue weighted by Gasteiger charge is 2.39. The molecule has 0 N–H and O–H groups in total. The van der Waals surface area contributed by atoms with Crippen LogP contribution in [-0.4, -0.2) is 24.6 Å². The van der Waals surface area contributed by atoms with Crippen molar-refractivity contribution < 1.29 is 35.9 Å². The maximum atomic E-state index is 12.9. The van der Waals surface area contributed by atoms with Crippen molar-refractivity contribution in [3.05, 3.63) is 29.3 Å². The summed E-state index contributed by atoms with van der Waals surface area (Å²) >= 11 is 5.00. The number of anilines is 1. The van der Waals surface area contributed by atoms with E-state index in [1.54, 1.807) is 0 Å². The van der Waals surface area contributed by atoms with Gasteiger partial charge in [0.1, 0.15) is 0 Å². The van der Waals surface area contributed by atoms with Crippen LogP contribution < -0.4 is 4.90 Å². The lowest BCUT2D eigenvalue weighted by Crippen LogP contribution is -2.26. The van der Waals surface area contributed by atoms with E-state index in [1.807, 2.05) is 0 Å². The number of carbonyl (C=O) groups is 1. The van der Waals surface area contributed by atoms with Crippen LogP contribution in [0.25, 0.3) is 0 Å². The van der Waals surface area contributed by atoms with Crippen molar-refractivity contribution in [2.45, 2.75) is 18.8 Å². The zero-order valence-corrected chi connectivity index (χ0v) is 13.0. The first-order chi connectivity index (χ1) is 10.9. The minimum Gasteiger partial charge on any atom is -0.469 e. The van der Waals surface area contributed by atoms with E-state index in [-0.39, 0.29) is 29.7 Å². The number of hydrogen-bond donors (Lipinski definition) is 0. The molecule has 1 fully saturated rings. The number of ether oxygens (including phenoxy) is 1. The Labute approximate surface area is 138 Å². The molecule has 3 nitrogen and oxygen atoms in total. The Morgan fingerprint density at radius 3 is 2.04 bits per heavy atom. The Morgan fingerprint density at radius 1 is 1.12 bits per heavy atom. The second kappa shape index (κ2) is 6.23. The molecule has 10 heteroatoms. The Morgan fingerprint density at radius 2 is 1.62 bits per heavy atom. The van der Waals surface area contributed by atoms with Gasteiger partial charge < -0.3 is 9.64 Å². The zero-order valence-electron chi connectivity index (χ0n) is 12.2. The third-order valence-electron chi connectivity index (χ3n) is 3.54. The molecule has 0 radical (unpaired) electrons. The SMILES string of the molecule is COC(=O)[C@H]1CC(=S)N(c2cc(C(F)(F)F)cc(C(F)(F)F)c2)C1. The molecular formula is C14H11F6NO2S. The van der Waals surface area contributed by atoms with Gasteiger partial charge in [0.2, 0.25) is 0 Å². The van der Waals surface area contributed by atoms with Gasteiger partial charge in [0.15, 0.2) is 0 Å². The van der Waals surface area contributed by atoms with Crippen LogP contribution in [0.2, 0.25) is 0 Å². The van der Waals surface area contributed by atoms with Gasteiger partial charge in [0, 0.05) is 18.7 Å². The summed E-state index contributed by atoms with van der Waals surface area (Å²) in [6, 6.07) is 1.21. The van der Waals surface area contributed by atoms with Crippen LogP contribution in [0, 0.1) is 5.92 Å². The Kier molecular flexibility index (Phi) is 4.80. The lowest BCUT2D eigenvalue weighted by molar-refractivity contribution is -0.145. The first-order valence-corrected chi connectivity index (χ1v) is 7.02. The number of benzene rings is 1. The fourth-order valence-electron chi connectivity index (χ4n) is 2.38. The molecule has 132 valence electrons. The monoisotopic (exact) mass is 371 g/mol. The predicted octanol–water partition coefficient (Wildman–Crippen LogP) is 4.05. The summed E-state index contributed by atoms with van der Waals surface area (Å²) in [5.41, 5.74) is -3.22. The molecule has 0 spiro atoms. The quantitative estimate of drug-likeness (QED) is 0.446. The molecule has 1 atom stereocenters. The summed E-state index contributed by atoms with van der Waals surface area (Å²) in [6.45, 7) is -0.135. The summed E-state index contributed by atoms with van der Waals surface area (Å²) in [7, 11) is 1.14. The fourth-order valence-corrected chi connectivity index (χ4v) is 2.76. The van der Waals surface area contributed by atoms with Crippen LogP contribution in [-0.2, 0) is 21.9 Å². The minimum absolute atomic E-state index is 0.0274. The highest BCUT2D eigenvalue weighted by molar-refractivity contribution is 7.80. The van der Waals surface area contributed by atoms with Gasteiger partial charge in [-0.15, -0.1) is 0 Å². The largest absolute Gasteiger partial charge is 0.469 e. The highest BCUT2D eigenvalue weighted by Crippen LogP contribution is 2.39. The standard InChI is InChI=1S/C14H11F6NO2S/c1-23-12(22)7-2-11(24)21(6-7)10-4-8(13(15,16)17)3-9(5-10)14(18,19)20/h3-5,7H,2,6H2,1H3/t7-/m0/s1. The minimum atomic E-state index is -4.95. The maximum absolute atomic E-state index is 12.9. The molecular weight excluding hydrogens is 360 g/mol. The van der Waals surface area contributed by atoms with E-state index in [4.69, 9.17) is 12.2 Å². The van der Waals surface area contributed by atoms with Gasteiger partial charge in [-0.1, -0.05) is 12.2 Å². The van der Waals surface area contributed by atoms with E-state index in [9.17, 15) is 31.1 Å². The van der Waals surface area contributed by atoms with E-state index in [0.29, 0.717) is 12.1 Å².